The van der Waals surface area contributed by atoms with E-state index in [1.54, 1.807) is 29.9 Å². The van der Waals surface area contributed by atoms with Crippen molar-refractivity contribution >= 4 is 23.5 Å². The number of hydrogen-bond acceptors (Lipinski definition) is 3. The molecule has 0 radical (unpaired) electrons. The third-order valence-corrected chi connectivity index (χ3v) is 1.66. The molecule has 0 fully saturated rings. The first-order chi connectivity index (χ1) is 6.61. The van der Waals surface area contributed by atoms with Crippen LogP contribution in [0.25, 0.3) is 0 Å². The van der Waals surface area contributed by atoms with Crippen LogP contribution in [0.1, 0.15) is 5.69 Å². The van der Waals surface area contributed by atoms with E-state index in [0.717, 1.165) is 0 Å². The van der Waals surface area contributed by atoms with Crippen molar-refractivity contribution < 1.29 is 22.1 Å². The van der Waals surface area contributed by atoms with Crippen LogP contribution in [0.2, 0.25) is 0 Å². The van der Waals surface area contributed by atoms with Gasteiger partial charge in [-0.1, -0.05) is 0 Å². The van der Waals surface area contributed by atoms with Crippen LogP contribution >= 0.6 is 12.2 Å². The summed E-state index contributed by atoms with van der Waals surface area (Å²) in [4.78, 5) is 0. The van der Waals surface area contributed by atoms with E-state index in [2.05, 4.69) is 22.7 Å². The van der Waals surface area contributed by atoms with Gasteiger partial charge in [-0.05, 0) is 18.3 Å². The van der Waals surface area contributed by atoms with E-state index in [-0.39, 0.29) is 23.3 Å². The molecule has 1 aromatic rings. The van der Waals surface area contributed by atoms with Crippen LogP contribution in [0.5, 0.6) is 5.75 Å². The molecule has 0 aliphatic rings. The van der Waals surface area contributed by atoms with E-state index >= 15 is 0 Å². The Kier molecular flexibility index (Phi) is 5.58. The predicted molar refractivity (Wildman–Crippen MR) is 56.8 cm³/mol. The van der Waals surface area contributed by atoms with Crippen LogP contribution in [-0.4, -0.2) is 16.4 Å². The van der Waals surface area contributed by atoms with Gasteiger partial charge in [-0.2, -0.15) is 9.67 Å². The molecule has 7 heteroatoms. The SMILES string of the molecule is C[n+]1cccc(O)c1C=NNC(N)=S.[Cl-]. The van der Waals surface area contributed by atoms with Crippen molar-refractivity contribution in [3.8, 4) is 5.75 Å². The van der Waals surface area contributed by atoms with E-state index < -0.39 is 0 Å². The second kappa shape index (κ2) is 6.15. The fourth-order valence-electron chi connectivity index (χ4n) is 0.924. The monoisotopic (exact) mass is 246 g/mol. The largest absolute Gasteiger partial charge is 1.00 e. The number of aromatic hydroxyl groups is 1. The molecular weight excluding hydrogens is 236 g/mol. The Morgan fingerprint density at radius 3 is 2.93 bits per heavy atom. The summed E-state index contributed by atoms with van der Waals surface area (Å²) in [7, 11) is 1.79. The fourth-order valence-corrected chi connectivity index (χ4v) is 0.977. The number of aryl methyl sites for hydroxylation is 1. The smallest absolute Gasteiger partial charge is 0.267 e. The molecule has 1 rings (SSSR count). The standard InChI is InChI=1S/C8H10N4OS.ClH/c1-12-4-2-3-7(13)6(12)5-10-11-8(9)14;/h2-5H,1H3,(H3,9,13,14);1H. The summed E-state index contributed by atoms with van der Waals surface area (Å²) in [5, 5.41) is 13.3. The van der Waals surface area contributed by atoms with Gasteiger partial charge in [-0.25, -0.2) is 0 Å². The topological polar surface area (TPSA) is 74.5 Å². The van der Waals surface area contributed by atoms with Gasteiger partial charge in [0, 0.05) is 6.07 Å². The number of nitrogens with one attached hydrogen (secondary N) is 1. The minimum atomic E-state index is 0. The quantitative estimate of drug-likeness (QED) is 0.218. The molecule has 82 valence electrons. The summed E-state index contributed by atoms with van der Waals surface area (Å²) in [6.45, 7) is 0. The first kappa shape index (κ1) is 13.6. The van der Waals surface area contributed by atoms with Gasteiger partial charge < -0.3 is 23.2 Å². The second-order valence-electron chi connectivity index (χ2n) is 2.62. The van der Waals surface area contributed by atoms with E-state index in [1.807, 2.05) is 0 Å². The lowest BCUT2D eigenvalue weighted by molar-refractivity contribution is -0.672. The zero-order chi connectivity index (χ0) is 10.6. The average Bonchev–Trinajstić information content (AvgIpc) is 2.09. The van der Waals surface area contributed by atoms with E-state index in [1.165, 1.54) is 6.21 Å². The van der Waals surface area contributed by atoms with Crippen molar-refractivity contribution in [2.24, 2.45) is 17.9 Å². The summed E-state index contributed by atoms with van der Waals surface area (Å²) < 4.78 is 1.72. The normalized spacial score (nSPS) is 9.67. The number of pyridine rings is 1. The molecule has 0 spiro atoms. The van der Waals surface area contributed by atoms with Gasteiger partial charge in [-0.15, -0.1) is 0 Å². The van der Waals surface area contributed by atoms with Gasteiger partial charge in [-0.3, -0.25) is 5.43 Å². The third-order valence-electron chi connectivity index (χ3n) is 1.57. The van der Waals surface area contributed by atoms with E-state index in [9.17, 15) is 5.11 Å². The van der Waals surface area contributed by atoms with Gasteiger partial charge in [0.05, 0.1) is 0 Å². The van der Waals surface area contributed by atoms with Gasteiger partial charge in [0.1, 0.15) is 13.3 Å². The number of hydrazone groups is 1. The van der Waals surface area contributed by atoms with Crippen molar-refractivity contribution in [3.63, 3.8) is 0 Å². The van der Waals surface area contributed by atoms with Crippen molar-refractivity contribution in [3.05, 3.63) is 24.0 Å². The predicted octanol–water partition coefficient (Wildman–Crippen LogP) is -3.61. The van der Waals surface area contributed by atoms with Crippen LogP contribution in [0.15, 0.2) is 23.4 Å². The van der Waals surface area contributed by atoms with Crippen LogP contribution in [0.3, 0.4) is 0 Å². The molecule has 4 N–H and O–H groups in total. The summed E-state index contributed by atoms with van der Waals surface area (Å²) in [6.07, 6.45) is 3.23. The van der Waals surface area contributed by atoms with Gasteiger partial charge in [0.25, 0.3) is 5.69 Å². The Hall–Kier alpha value is -1.40. The highest BCUT2D eigenvalue weighted by atomic mass is 35.5. The Morgan fingerprint density at radius 1 is 1.73 bits per heavy atom. The highest BCUT2D eigenvalue weighted by molar-refractivity contribution is 7.80. The van der Waals surface area contributed by atoms with Crippen molar-refractivity contribution in [1.29, 1.82) is 0 Å². The molecule has 0 aliphatic heterocycles. The molecular formula is C8H11ClN4OS. The molecule has 5 nitrogen and oxygen atoms in total. The lowest BCUT2D eigenvalue weighted by Crippen LogP contribution is -3.00. The molecule has 1 aromatic heterocycles. The van der Waals surface area contributed by atoms with Crippen LogP contribution in [-0.2, 0) is 7.05 Å². The Bertz CT molecular complexity index is 363. The first-order valence-corrected chi connectivity index (χ1v) is 4.28. The third kappa shape index (κ3) is 4.09. The number of rotatable bonds is 2. The van der Waals surface area contributed by atoms with E-state index in [4.69, 9.17) is 5.73 Å². The zero-order valence-electron chi connectivity index (χ0n) is 8.01. The molecule has 0 aliphatic carbocycles. The van der Waals surface area contributed by atoms with Crippen LogP contribution in [0, 0.1) is 0 Å². The number of aromatic nitrogens is 1. The van der Waals surface area contributed by atoms with Gasteiger partial charge in [0.15, 0.2) is 17.1 Å². The summed E-state index contributed by atoms with van der Waals surface area (Å²) >= 11 is 4.56. The fraction of sp³-hybridized carbons (Fsp3) is 0.125. The second-order valence-corrected chi connectivity index (χ2v) is 3.06. The lowest BCUT2D eigenvalue weighted by Gasteiger charge is -1.96. The molecule has 1 heterocycles. The van der Waals surface area contributed by atoms with Crippen LogP contribution in [0.4, 0.5) is 0 Å². The van der Waals surface area contributed by atoms with E-state index in [0.29, 0.717) is 5.69 Å². The maximum atomic E-state index is 9.45. The molecule has 0 unspecified atom stereocenters. The number of nitrogens with two attached hydrogens (primary N) is 1. The molecule has 0 aromatic carbocycles. The number of hydrogen-bond donors (Lipinski definition) is 3. The van der Waals surface area contributed by atoms with Crippen molar-refractivity contribution in [2.75, 3.05) is 0 Å². The molecule has 15 heavy (non-hydrogen) atoms. The zero-order valence-corrected chi connectivity index (χ0v) is 9.59. The molecule has 0 bridgehead atoms. The average molecular weight is 247 g/mol. The molecule has 0 saturated heterocycles. The number of halogens is 1. The Morgan fingerprint density at radius 2 is 2.40 bits per heavy atom. The van der Waals surface area contributed by atoms with Crippen LogP contribution < -0.4 is 28.1 Å². The first-order valence-electron chi connectivity index (χ1n) is 3.87. The summed E-state index contributed by atoms with van der Waals surface area (Å²) in [6, 6.07) is 3.30. The van der Waals surface area contributed by atoms with Gasteiger partial charge >= 0.3 is 0 Å². The Balaban J connectivity index is 0.00000196. The van der Waals surface area contributed by atoms with Crippen molar-refractivity contribution in [2.45, 2.75) is 0 Å². The maximum absolute atomic E-state index is 9.45. The minimum Gasteiger partial charge on any atom is -1.00 e. The molecule has 0 amide bonds. The molecule has 0 atom stereocenters. The highest BCUT2D eigenvalue weighted by Crippen LogP contribution is 2.07. The van der Waals surface area contributed by atoms with Crippen molar-refractivity contribution in [1.82, 2.24) is 5.43 Å². The Labute approximate surface area is 99.0 Å². The number of nitrogens with zero attached hydrogens (tertiary/aromatic N) is 2. The lowest BCUT2D eigenvalue weighted by atomic mass is 10.3. The van der Waals surface area contributed by atoms with Gasteiger partial charge in [0.2, 0.25) is 0 Å². The number of thiocarbonyl (C=S) groups is 1. The maximum Gasteiger partial charge on any atom is 0.267 e. The summed E-state index contributed by atoms with van der Waals surface area (Å²) in [5.41, 5.74) is 8.14. The highest BCUT2D eigenvalue weighted by Gasteiger charge is 2.08. The summed E-state index contributed by atoms with van der Waals surface area (Å²) in [5.74, 6) is 0.142. The molecule has 0 saturated carbocycles. The minimum absolute atomic E-state index is 0.